The van der Waals surface area contributed by atoms with E-state index in [1.54, 1.807) is 6.26 Å². The van der Waals surface area contributed by atoms with Crippen LogP contribution in [0.15, 0.2) is 34.9 Å². The van der Waals surface area contributed by atoms with Gasteiger partial charge in [-0.1, -0.05) is 17.7 Å². The van der Waals surface area contributed by atoms with Crippen LogP contribution in [-0.4, -0.2) is 42.2 Å². The van der Waals surface area contributed by atoms with Gasteiger partial charge in [-0.3, -0.25) is 4.90 Å². The summed E-state index contributed by atoms with van der Waals surface area (Å²) in [5.74, 6) is 0.675. The standard InChI is InChI=1S/C16H21N3O2/c1-12-2-4-13(5-3-12)16-18-14(11-21-16)9-19-6-7-20-15(8-17)10-19/h2-5,11,15H,6-10,17H2,1H3. The zero-order valence-electron chi connectivity index (χ0n) is 12.3. The fourth-order valence-corrected chi connectivity index (χ4v) is 2.50. The quantitative estimate of drug-likeness (QED) is 0.929. The zero-order valence-corrected chi connectivity index (χ0v) is 12.3. The lowest BCUT2D eigenvalue weighted by Crippen LogP contribution is -2.45. The molecule has 1 fully saturated rings. The van der Waals surface area contributed by atoms with E-state index in [0.29, 0.717) is 12.4 Å². The van der Waals surface area contributed by atoms with Crippen molar-refractivity contribution in [2.75, 3.05) is 26.2 Å². The third-order valence-electron chi connectivity index (χ3n) is 3.72. The number of nitrogens with zero attached hydrogens (tertiary/aromatic N) is 2. The van der Waals surface area contributed by atoms with E-state index in [4.69, 9.17) is 14.9 Å². The lowest BCUT2D eigenvalue weighted by atomic mass is 10.1. The van der Waals surface area contributed by atoms with Crippen molar-refractivity contribution in [1.82, 2.24) is 9.88 Å². The second-order valence-electron chi connectivity index (χ2n) is 5.47. The van der Waals surface area contributed by atoms with Crippen LogP contribution in [0.5, 0.6) is 0 Å². The van der Waals surface area contributed by atoms with E-state index in [9.17, 15) is 0 Å². The molecule has 1 atom stereocenters. The summed E-state index contributed by atoms with van der Waals surface area (Å²) in [6.07, 6.45) is 1.87. The molecule has 0 aliphatic carbocycles. The molecule has 2 heterocycles. The van der Waals surface area contributed by atoms with Crippen LogP contribution in [0.1, 0.15) is 11.3 Å². The molecule has 3 rings (SSSR count). The Labute approximate surface area is 124 Å². The third-order valence-corrected chi connectivity index (χ3v) is 3.72. The van der Waals surface area contributed by atoms with Gasteiger partial charge in [0.1, 0.15) is 6.26 Å². The molecule has 1 unspecified atom stereocenters. The number of nitrogens with two attached hydrogens (primary N) is 1. The summed E-state index contributed by atoms with van der Waals surface area (Å²) >= 11 is 0. The van der Waals surface area contributed by atoms with Gasteiger partial charge in [-0.25, -0.2) is 4.98 Å². The SMILES string of the molecule is Cc1ccc(-c2nc(CN3CCOC(CN)C3)co2)cc1. The van der Waals surface area contributed by atoms with Crippen molar-refractivity contribution in [1.29, 1.82) is 0 Å². The van der Waals surface area contributed by atoms with Crippen LogP contribution in [0.25, 0.3) is 11.5 Å². The first-order valence-electron chi connectivity index (χ1n) is 7.30. The van der Waals surface area contributed by atoms with Gasteiger partial charge in [-0.05, 0) is 19.1 Å². The first kappa shape index (κ1) is 14.3. The Morgan fingerprint density at radius 3 is 2.90 bits per heavy atom. The van der Waals surface area contributed by atoms with Gasteiger partial charge in [0.2, 0.25) is 5.89 Å². The average Bonchev–Trinajstić information content (AvgIpc) is 2.96. The first-order valence-corrected chi connectivity index (χ1v) is 7.30. The molecule has 1 aromatic heterocycles. The highest BCUT2D eigenvalue weighted by Crippen LogP contribution is 2.20. The van der Waals surface area contributed by atoms with Gasteiger partial charge in [0.05, 0.1) is 18.4 Å². The van der Waals surface area contributed by atoms with Gasteiger partial charge in [-0.15, -0.1) is 0 Å². The van der Waals surface area contributed by atoms with Crippen LogP contribution in [-0.2, 0) is 11.3 Å². The van der Waals surface area contributed by atoms with E-state index in [1.807, 2.05) is 12.1 Å². The molecule has 0 saturated carbocycles. The summed E-state index contributed by atoms with van der Waals surface area (Å²) in [5.41, 5.74) is 8.85. The van der Waals surface area contributed by atoms with E-state index in [2.05, 4.69) is 28.9 Å². The van der Waals surface area contributed by atoms with Crippen molar-refractivity contribution in [3.8, 4) is 11.5 Å². The monoisotopic (exact) mass is 287 g/mol. The Bertz CT molecular complexity index is 579. The minimum atomic E-state index is 0.127. The Morgan fingerprint density at radius 1 is 1.33 bits per heavy atom. The molecule has 0 radical (unpaired) electrons. The number of ether oxygens (including phenoxy) is 1. The van der Waals surface area contributed by atoms with Gasteiger partial charge < -0.3 is 14.9 Å². The molecule has 1 aliphatic rings. The van der Waals surface area contributed by atoms with Gasteiger partial charge in [0, 0.05) is 31.7 Å². The second-order valence-corrected chi connectivity index (χ2v) is 5.47. The molecule has 0 amide bonds. The topological polar surface area (TPSA) is 64.5 Å². The Kier molecular flexibility index (Phi) is 4.34. The Balaban J connectivity index is 1.66. The second kappa shape index (κ2) is 6.39. The van der Waals surface area contributed by atoms with Crippen molar-refractivity contribution < 1.29 is 9.15 Å². The summed E-state index contributed by atoms with van der Waals surface area (Å²) < 4.78 is 11.2. The molecular weight excluding hydrogens is 266 g/mol. The van der Waals surface area contributed by atoms with Crippen LogP contribution in [0.3, 0.4) is 0 Å². The minimum Gasteiger partial charge on any atom is -0.444 e. The van der Waals surface area contributed by atoms with E-state index in [-0.39, 0.29) is 6.10 Å². The molecule has 1 aliphatic heterocycles. The van der Waals surface area contributed by atoms with Crippen LogP contribution in [0.4, 0.5) is 0 Å². The molecule has 2 aromatic rings. The maximum atomic E-state index is 5.67. The normalized spacial score (nSPS) is 19.8. The molecule has 2 N–H and O–H groups in total. The smallest absolute Gasteiger partial charge is 0.226 e. The average molecular weight is 287 g/mol. The minimum absolute atomic E-state index is 0.127. The predicted molar refractivity (Wildman–Crippen MR) is 80.7 cm³/mol. The highest BCUT2D eigenvalue weighted by atomic mass is 16.5. The predicted octanol–water partition coefficient (Wildman–Crippen LogP) is 1.81. The number of hydrogen-bond donors (Lipinski definition) is 1. The van der Waals surface area contributed by atoms with E-state index in [1.165, 1.54) is 5.56 Å². The lowest BCUT2D eigenvalue weighted by Gasteiger charge is -2.31. The number of aromatic nitrogens is 1. The number of rotatable bonds is 4. The van der Waals surface area contributed by atoms with Crippen LogP contribution >= 0.6 is 0 Å². The first-order chi connectivity index (χ1) is 10.2. The van der Waals surface area contributed by atoms with Gasteiger partial charge in [-0.2, -0.15) is 0 Å². The maximum Gasteiger partial charge on any atom is 0.226 e. The van der Waals surface area contributed by atoms with Crippen LogP contribution < -0.4 is 5.73 Å². The molecule has 112 valence electrons. The fraction of sp³-hybridized carbons (Fsp3) is 0.438. The molecule has 1 aromatic carbocycles. The van der Waals surface area contributed by atoms with E-state index < -0.39 is 0 Å². The number of benzene rings is 1. The van der Waals surface area contributed by atoms with Gasteiger partial charge in [0.15, 0.2) is 0 Å². The van der Waals surface area contributed by atoms with Crippen LogP contribution in [0, 0.1) is 6.92 Å². The summed E-state index contributed by atoms with van der Waals surface area (Å²) in [5, 5.41) is 0. The fourth-order valence-electron chi connectivity index (χ4n) is 2.50. The summed E-state index contributed by atoms with van der Waals surface area (Å²) in [4.78, 5) is 6.88. The molecule has 5 nitrogen and oxygen atoms in total. The summed E-state index contributed by atoms with van der Waals surface area (Å²) in [7, 11) is 0. The number of aryl methyl sites for hydroxylation is 1. The highest BCUT2D eigenvalue weighted by Gasteiger charge is 2.20. The van der Waals surface area contributed by atoms with Crippen molar-refractivity contribution in [3.63, 3.8) is 0 Å². The molecule has 5 heteroatoms. The molecular formula is C16H21N3O2. The van der Waals surface area contributed by atoms with Crippen molar-refractivity contribution in [3.05, 3.63) is 41.8 Å². The van der Waals surface area contributed by atoms with Crippen molar-refractivity contribution >= 4 is 0 Å². The number of hydrogen-bond acceptors (Lipinski definition) is 5. The lowest BCUT2D eigenvalue weighted by molar-refractivity contribution is -0.0264. The number of oxazole rings is 1. The van der Waals surface area contributed by atoms with Crippen LogP contribution in [0.2, 0.25) is 0 Å². The van der Waals surface area contributed by atoms with Gasteiger partial charge >= 0.3 is 0 Å². The third kappa shape index (κ3) is 3.50. The molecule has 0 bridgehead atoms. The summed E-state index contributed by atoms with van der Waals surface area (Å²) in [6.45, 7) is 5.88. The molecule has 1 saturated heterocycles. The molecule has 21 heavy (non-hydrogen) atoms. The van der Waals surface area contributed by atoms with Crippen molar-refractivity contribution in [2.24, 2.45) is 5.73 Å². The van der Waals surface area contributed by atoms with Crippen molar-refractivity contribution in [2.45, 2.75) is 19.6 Å². The largest absolute Gasteiger partial charge is 0.444 e. The number of morpholine rings is 1. The summed E-state index contributed by atoms with van der Waals surface area (Å²) in [6, 6.07) is 8.19. The van der Waals surface area contributed by atoms with E-state index in [0.717, 1.165) is 37.5 Å². The maximum absolute atomic E-state index is 5.67. The van der Waals surface area contributed by atoms with Gasteiger partial charge in [0.25, 0.3) is 0 Å². The highest BCUT2D eigenvalue weighted by molar-refractivity contribution is 5.53. The molecule has 0 spiro atoms. The Morgan fingerprint density at radius 2 is 2.14 bits per heavy atom. The van der Waals surface area contributed by atoms with E-state index >= 15 is 0 Å². The zero-order chi connectivity index (χ0) is 14.7. The Hall–Kier alpha value is -1.69.